The SMILES string of the molecule is CS(=O)(=O)c1ccc(F)c(NC(=O)CCCNC(=O)c2ccsc2)c1. The number of hydrogen-bond donors (Lipinski definition) is 2. The van der Waals surface area contributed by atoms with Gasteiger partial charge in [0.25, 0.3) is 5.91 Å². The summed E-state index contributed by atoms with van der Waals surface area (Å²) in [6.45, 7) is 0.300. The summed E-state index contributed by atoms with van der Waals surface area (Å²) in [7, 11) is -3.49. The Kier molecular flexibility index (Phi) is 6.27. The summed E-state index contributed by atoms with van der Waals surface area (Å²) in [4.78, 5) is 23.5. The molecule has 0 spiro atoms. The van der Waals surface area contributed by atoms with E-state index in [1.165, 1.54) is 11.3 Å². The summed E-state index contributed by atoms with van der Waals surface area (Å²) in [6.07, 6.45) is 1.43. The van der Waals surface area contributed by atoms with Crippen molar-refractivity contribution in [1.82, 2.24) is 5.32 Å². The van der Waals surface area contributed by atoms with Crippen LogP contribution in [0.3, 0.4) is 0 Å². The van der Waals surface area contributed by atoms with Crippen molar-refractivity contribution in [2.75, 3.05) is 18.1 Å². The summed E-state index contributed by atoms with van der Waals surface area (Å²) < 4.78 is 36.7. The summed E-state index contributed by atoms with van der Waals surface area (Å²) in [5.41, 5.74) is 0.379. The number of amides is 2. The zero-order valence-corrected chi connectivity index (χ0v) is 15.0. The Morgan fingerprint density at radius 3 is 2.64 bits per heavy atom. The second kappa shape index (κ2) is 8.21. The van der Waals surface area contributed by atoms with Gasteiger partial charge in [-0.3, -0.25) is 9.59 Å². The highest BCUT2D eigenvalue weighted by Crippen LogP contribution is 2.19. The molecule has 0 saturated carbocycles. The smallest absolute Gasteiger partial charge is 0.252 e. The number of carbonyl (C=O) groups is 2. The fraction of sp³-hybridized carbons (Fsp3) is 0.250. The van der Waals surface area contributed by atoms with Gasteiger partial charge in [-0.1, -0.05) is 0 Å². The van der Waals surface area contributed by atoms with Gasteiger partial charge in [-0.15, -0.1) is 0 Å². The quantitative estimate of drug-likeness (QED) is 0.566. The minimum absolute atomic E-state index is 0.0620. The van der Waals surface area contributed by atoms with Gasteiger partial charge < -0.3 is 10.6 Å². The molecule has 0 bridgehead atoms. The van der Waals surface area contributed by atoms with Crippen LogP contribution in [0.2, 0.25) is 0 Å². The van der Waals surface area contributed by atoms with Crippen LogP contribution in [0.15, 0.2) is 39.9 Å². The lowest BCUT2D eigenvalue weighted by atomic mass is 10.2. The second-order valence-electron chi connectivity index (χ2n) is 5.33. The largest absolute Gasteiger partial charge is 0.352 e. The Bertz CT molecular complexity index is 864. The van der Waals surface area contributed by atoms with E-state index < -0.39 is 21.6 Å². The minimum atomic E-state index is -3.49. The molecule has 0 unspecified atom stereocenters. The van der Waals surface area contributed by atoms with Crippen molar-refractivity contribution in [3.63, 3.8) is 0 Å². The van der Waals surface area contributed by atoms with Crippen LogP contribution in [-0.2, 0) is 14.6 Å². The van der Waals surface area contributed by atoms with Crippen LogP contribution in [-0.4, -0.2) is 33.0 Å². The first-order chi connectivity index (χ1) is 11.8. The highest BCUT2D eigenvalue weighted by molar-refractivity contribution is 7.90. The van der Waals surface area contributed by atoms with Crippen molar-refractivity contribution >= 4 is 38.7 Å². The van der Waals surface area contributed by atoms with Crippen molar-refractivity contribution in [2.24, 2.45) is 0 Å². The predicted molar refractivity (Wildman–Crippen MR) is 94.0 cm³/mol. The molecule has 2 aromatic rings. The van der Waals surface area contributed by atoms with E-state index in [2.05, 4.69) is 10.6 Å². The number of benzene rings is 1. The zero-order valence-electron chi connectivity index (χ0n) is 13.4. The van der Waals surface area contributed by atoms with Crippen LogP contribution >= 0.6 is 11.3 Å². The first kappa shape index (κ1) is 19.1. The van der Waals surface area contributed by atoms with Gasteiger partial charge in [-0.25, -0.2) is 12.8 Å². The monoisotopic (exact) mass is 384 g/mol. The van der Waals surface area contributed by atoms with E-state index in [9.17, 15) is 22.4 Å². The van der Waals surface area contributed by atoms with Crippen LogP contribution in [0.4, 0.5) is 10.1 Å². The molecule has 0 aliphatic rings. The van der Waals surface area contributed by atoms with Gasteiger partial charge in [0.1, 0.15) is 5.82 Å². The Balaban J connectivity index is 1.83. The molecule has 1 aromatic carbocycles. The number of hydrogen-bond acceptors (Lipinski definition) is 5. The molecule has 2 rings (SSSR count). The predicted octanol–water partition coefficient (Wildman–Crippen LogP) is 2.44. The molecule has 25 heavy (non-hydrogen) atoms. The molecule has 2 amide bonds. The third kappa shape index (κ3) is 5.64. The number of nitrogens with one attached hydrogen (secondary N) is 2. The van der Waals surface area contributed by atoms with Crippen LogP contribution in [0.1, 0.15) is 23.2 Å². The number of carbonyl (C=O) groups excluding carboxylic acids is 2. The zero-order chi connectivity index (χ0) is 18.4. The summed E-state index contributed by atoms with van der Waals surface area (Å²) in [6, 6.07) is 4.92. The molecule has 0 atom stereocenters. The van der Waals surface area contributed by atoms with Crippen molar-refractivity contribution in [2.45, 2.75) is 17.7 Å². The Morgan fingerprint density at radius 2 is 2.00 bits per heavy atom. The average Bonchev–Trinajstić information content (AvgIpc) is 3.07. The number of rotatable bonds is 7. The number of sulfone groups is 1. The van der Waals surface area contributed by atoms with E-state index in [0.29, 0.717) is 18.5 Å². The molecule has 6 nitrogen and oxygen atoms in total. The van der Waals surface area contributed by atoms with Crippen molar-refractivity contribution in [1.29, 1.82) is 0 Å². The van der Waals surface area contributed by atoms with E-state index in [0.717, 1.165) is 24.5 Å². The first-order valence-electron chi connectivity index (χ1n) is 7.37. The fourth-order valence-corrected chi connectivity index (χ4v) is 3.27. The van der Waals surface area contributed by atoms with Gasteiger partial charge in [0.2, 0.25) is 5.91 Å². The molecule has 9 heteroatoms. The van der Waals surface area contributed by atoms with Crippen molar-refractivity contribution in [3.05, 3.63) is 46.4 Å². The maximum absolute atomic E-state index is 13.7. The van der Waals surface area contributed by atoms with Gasteiger partial charge in [0, 0.05) is 30.2 Å². The van der Waals surface area contributed by atoms with Crippen LogP contribution < -0.4 is 10.6 Å². The van der Waals surface area contributed by atoms with Gasteiger partial charge in [-0.05, 0) is 36.1 Å². The Hall–Kier alpha value is -2.26. The highest BCUT2D eigenvalue weighted by atomic mass is 32.2. The van der Waals surface area contributed by atoms with Gasteiger partial charge in [0.05, 0.1) is 10.6 Å². The Labute approximate surface area is 149 Å². The molecule has 2 N–H and O–H groups in total. The summed E-state index contributed by atoms with van der Waals surface area (Å²) >= 11 is 1.41. The minimum Gasteiger partial charge on any atom is -0.352 e. The van der Waals surface area contributed by atoms with E-state index in [1.807, 2.05) is 0 Å². The van der Waals surface area contributed by atoms with Crippen molar-refractivity contribution in [3.8, 4) is 0 Å². The van der Waals surface area contributed by atoms with Crippen LogP contribution in [0.5, 0.6) is 0 Å². The maximum atomic E-state index is 13.7. The standard InChI is InChI=1S/C16H17FN2O4S2/c1-25(22,23)12-4-5-13(17)14(9-12)19-15(20)3-2-7-18-16(21)11-6-8-24-10-11/h4-6,8-10H,2-3,7H2,1H3,(H,18,21)(H,19,20). The Morgan fingerprint density at radius 1 is 1.24 bits per heavy atom. The third-order valence-electron chi connectivity index (χ3n) is 3.29. The lowest BCUT2D eigenvalue weighted by Crippen LogP contribution is -2.25. The summed E-state index contributed by atoms with van der Waals surface area (Å²) in [5, 5.41) is 8.54. The molecule has 0 aliphatic carbocycles. The first-order valence-corrected chi connectivity index (χ1v) is 10.2. The van der Waals surface area contributed by atoms with E-state index >= 15 is 0 Å². The van der Waals surface area contributed by atoms with Gasteiger partial charge in [-0.2, -0.15) is 11.3 Å². The van der Waals surface area contributed by atoms with Gasteiger partial charge >= 0.3 is 0 Å². The second-order valence-corrected chi connectivity index (χ2v) is 8.13. The normalized spacial score (nSPS) is 11.1. The number of thiophene rings is 1. The lowest BCUT2D eigenvalue weighted by Gasteiger charge is -2.08. The molecule has 1 heterocycles. The summed E-state index contributed by atoms with van der Waals surface area (Å²) in [5.74, 6) is -1.39. The molecular formula is C16H17FN2O4S2. The third-order valence-corrected chi connectivity index (χ3v) is 5.08. The van der Waals surface area contributed by atoms with Crippen molar-refractivity contribution < 1.29 is 22.4 Å². The molecule has 0 fully saturated rings. The van der Waals surface area contributed by atoms with Crippen LogP contribution in [0.25, 0.3) is 0 Å². The fourth-order valence-electron chi connectivity index (χ4n) is 1.99. The lowest BCUT2D eigenvalue weighted by molar-refractivity contribution is -0.116. The molecule has 134 valence electrons. The molecule has 0 aliphatic heterocycles. The number of halogens is 1. The molecule has 0 saturated heterocycles. The number of anilines is 1. The molecule has 0 radical (unpaired) electrons. The molecular weight excluding hydrogens is 367 g/mol. The maximum Gasteiger partial charge on any atom is 0.252 e. The van der Waals surface area contributed by atoms with E-state index in [4.69, 9.17) is 0 Å². The van der Waals surface area contributed by atoms with Gasteiger partial charge in [0.15, 0.2) is 9.84 Å². The highest BCUT2D eigenvalue weighted by Gasteiger charge is 2.13. The van der Waals surface area contributed by atoms with E-state index in [1.54, 1.807) is 16.8 Å². The van der Waals surface area contributed by atoms with Crippen LogP contribution in [0, 0.1) is 5.82 Å². The average molecular weight is 384 g/mol. The molecule has 1 aromatic heterocycles. The topological polar surface area (TPSA) is 92.3 Å². The van der Waals surface area contributed by atoms with E-state index in [-0.39, 0.29) is 22.9 Å².